The Morgan fingerprint density at radius 1 is 0.794 bits per heavy atom. The van der Waals surface area contributed by atoms with E-state index in [1.54, 1.807) is 36.4 Å². The first-order valence-electron chi connectivity index (χ1n) is 10.9. The average molecular weight is 489 g/mol. The van der Waals surface area contributed by atoms with Crippen molar-refractivity contribution in [2.24, 2.45) is 11.8 Å². The molecule has 3 aliphatic rings. The topological polar surface area (TPSA) is 57.7 Å². The lowest BCUT2D eigenvalue weighted by atomic mass is 9.86. The van der Waals surface area contributed by atoms with Gasteiger partial charge in [-0.25, -0.2) is 4.90 Å². The standard InChI is InChI=1S/C27H18Cl2N2O3/c28-17-11-13-20(18(29)14-17)31-26(33)22-21-12-10-15-6-4-5-9-19(15)30(21)24(23(22)27(31)34)25(32)16-7-2-1-3-8-16/h1-14,21-24H. The summed E-state index contributed by atoms with van der Waals surface area (Å²) in [5, 5.41) is 0.615. The fourth-order valence-electron chi connectivity index (χ4n) is 5.49. The summed E-state index contributed by atoms with van der Waals surface area (Å²) in [6, 6.07) is 20.0. The smallest absolute Gasteiger partial charge is 0.240 e. The fourth-order valence-corrected chi connectivity index (χ4v) is 5.98. The summed E-state index contributed by atoms with van der Waals surface area (Å²) >= 11 is 12.4. The van der Waals surface area contributed by atoms with Crippen LogP contribution in [0.4, 0.5) is 11.4 Å². The molecule has 7 heteroatoms. The minimum absolute atomic E-state index is 0.187. The number of anilines is 2. The fraction of sp³-hybridized carbons (Fsp3) is 0.148. The molecule has 0 N–H and O–H groups in total. The molecule has 0 aliphatic carbocycles. The predicted octanol–water partition coefficient (Wildman–Crippen LogP) is 5.27. The number of imide groups is 1. The van der Waals surface area contributed by atoms with Crippen molar-refractivity contribution in [3.05, 3.63) is 100 Å². The first-order valence-corrected chi connectivity index (χ1v) is 11.7. The lowest BCUT2D eigenvalue weighted by molar-refractivity contribution is -0.122. The molecule has 0 bridgehead atoms. The highest BCUT2D eigenvalue weighted by Gasteiger charge is 2.64. The van der Waals surface area contributed by atoms with Crippen LogP contribution in [-0.2, 0) is 9.59 Å². The molecule has 4 unspecified atom stereocenters. The molecule has 5 nitrogen and oxygen atoms in total. The van der Waals surface area contributed by atoms with Crippen LogP contribution in [-0.4, -0.2) is 29.7 Å². The highest BCUT2D eigenvalue weighted by atomic mass is 35.5. The van der Waals surface area contributed by atoms with Crippen molar-refractivity contribution in [2.45, 2.75) is 12.1 Å². The molecule has 3 aromatic carbocycles. The van der Waals surface area contributed by atoms with Gasteiger partial charge in [0.2, 0.25) is 11.8 Å². The van der Waals surface area contributed by atoms with Crippen LogP contribution in [0.5, 0.6) is 0 Å². The number of ketones is 1. The lowest BCUT2D eigenvalue weighted by Crippen LogP contribution is -2.48. The van der Waals surface area contributed by atoms with Crippen LogP contribution in [0.2, 0.25) is 10.0 Å². The molecule has 6 rings (SSSR count). The average Bonchev–Trinajstić information content (AvgIpc) is 3.32. The zero-order chi connectivity index (χ0) is 23.6. The number of nitrogens with zero attached hydrogens (tertiary/aromatic N) is 2. The Morgan fingerprint density at radius 3 is 2.26 bits per heavy atom. The summed E-state index contributed by atoms with van der Waals surface area (Å²) in [5.41, 5.74) is 2.58. The Balaban J connectivity index is 1.51. The number of hydrogen-bond donors (Lipinski definition) is 0. The van der Waals surface area contributed by atoms with E-state index in [2.05, 4.69) is 0 Å². The highest BCUT2D eigenvalue weighted by Crippen LogP contribution is 2.50. The van der Waals surface area contributed by atoms with Gasteiger partial charge in [-0.1, -0.05) is 83.9 Å². The molecule has 2 amide bonds. The maximum Gasteiger partial charge on any atom is 0.240 e. The van der Waals surface area contributed by atoms with Gasteiger partial charge < -0.3 is 4.90 Å². The maximum atomic E-state index is 13.9. The van der Waals surface area contributed by atoms with E-state index in [9.17, 15) is 14.4 Å². The van der Waals surface area contributed by atoms with Gasteiger partial charge in [-0.15, -0.1) is 0 Å². The lowest BCUT2D eigenvalue weighted by Gasteiger charge is -2.36. The Morgan fingerprint density at radius 2 is 1.50 bits per heavy atom. The maximum absolute atomic E-state index is 13.9. The van der Waals surface area contributed by atoms with Crippen molar-refractivity contribution >= 4 is 58.3 Å². The van der Waals surface area contributed by atoms with Crippen LogP contribution in [0.25, 0.3) is 6.08 Å². The summed E-state index contributed by atoms with van der Waals surface area (Å²) in [6.45, 7) is 0. The van der Waals surface area contributed by atoms with E-state index in [0.717, 1.165) is 16.2 Å². The van der Waals surface area contributed by atoms with Gasteiger partial charge in [0, 0.05) is 16.3 Å². The molecular weight excluding hydrogens is 471 g/mol. The van der Waals surface area contributed by atoms with Gasteiger partial charge in [-0.05, 0) is 29.8 Å². The zero-order valence-corrected chi connectivity index (χ0v) is 19.3. The Bertz CT molecular complexity index is 1390. The van der Waals surface area contributed by atoms with Gasteiger partial charge in [0.05, 0.1) is 28.6 Å². The van der Waals surface area contributed by atoms with Gasteiger partial charge in [0.15, 0.2) is 5.78 Å². The number of amides is 2. The summed E-state index contributed by atoms with van der Waals surface area (Å²) in [6.07, 6.45) is 3.88. The molecular formula is C27H18Cl2N2O3. The second kappa shape index (κ2) is 7.83. The van der Waals surface area contributed by atoms with Gasteiger partial charge >= 0.3 is 0 Å². The van der Waals surface area contributed by atoms with Crippen molar-refractivity contribution in [2.75, 3.05) is 9.80 Å². The zero-order valence-electron chi connectivity index (χ0n) is 17.8. The number of para-hydroxylation sites is 1. The van der Waals surface area contributed by atoms with E-state index >= 15 is 0 Å². The van der Waals surface area contributed by atoms with Crippen LogP contribution in [0, 0.1) is 11.8 Å². The number of halogens is 2. The number of benzene rings is 3. The van der Waals surface area contributed by atoms with Crippen LogP contribution in [0.3, 0.4) is 0 Å². The molecule has 2 saturated heterocycles. The minimum Gasteiger partial charge on any atom is -0.352 e. The largest absolute Gasteiger partial charge is 0.352 e. The Kier molecular flexibility index (Phi) is 4.87. The van der Waals surface area contributed by atoms with Crippen LogP contribution >= 0.6 is 23.2 Å². The van der Waals surface area contributed by atoms with Crippen LogP contribution in [0.1, 0.15) is 15.9 Å². The molecule has 34 heavy (non-hydrogen) atoms. The van der Waals surface area contributed by atoms with E-state index in [4.69, 9.17) is 23.2 Å². The van der Waals surface area contributed by atoms with Crippen molar-refractivity contribution in [1.82, 2.24) is 0 Å². The second-order valence-corrected chi connectivity index (χ2v) is 9.49. The molecule has 0 radical (unpaired) electrons. The van der Waals surface area contributed by atoms with Gasteiger partial charge in [-0.2, -0.15) is 0 Å². The van der Waals surface area contributed by atoms with E-state index in [-0.39, 0.29) is 22.4 Å². The van der Waals surface area contributed by atoms with Crippen molar-refractivity contribution < 1.29 is 14.4 Å². The number of fused-ring (bicyclic) bond motifs is 5. The monoisotopic (exact) mass is 488 g/mol. The van der Waals surface area contributed by atoms with E-state index < -0.39 is 29.8 Å². The summed E-state index contributed by atoms with van der Waals surface area (Å²) < 4.78 is 0. The SMILES string of the molecule is O=C(c1ccccc1)C1C2C(=O)N(c3ccc(Cl)cc3Cl)C(=O)C2C2C=Cc3ccccc3N21. The minimum atomic E-state index is -0.840. The van der Waals surface area contributed by atoms with Crippen molar-refractivity contribution in [3.63, 3.8) is 0 Å². The molecule has 4 atom stereocenters. The molecule has 0 spiro atoms. The van der Waals surface area contributed by atoms with Crippen LogP contribution in [0.15, 0.2) is 78.9 Å². The number of carbonyl (C=O) groups excluding carboxylic acids is 3. The van der Waals surface area contributed by atoms with Crippen molar-refractivity contribution in [3.8, 4) is 0 Å². The Labute approximate surface area is 206 Å². The third-order valence-electron chi connectivity index (χ3n) is 6.89. The van der Waals surface area contributed by atoms with Gasteiger partial charge in [-0.3, -0.25) is 14.4 Å². The molecule has 3 aromatic rings. The number of hydrogen-bond acceptors (Lipinski definition) is 4. The molecule has 168 valence electrons. The number of carbonyl (C=O) groups is 3. The van der Waals surface area contributed by atoms with Crippen molar-refractivity contribution in [1.29, 1.82) is 0 Å². The number of Topliss-reactive ketones (excluding diaryl/α,β-unsaturated/α-hetero) is 1. The molecule has 0 saturated carbocycles. The summed E-state index contributed by atoms with van der Waals surface area (Å²) in [5.74, 6) is -2.52. The quantitative estimate of drug-likeness (QED) is 0.372. The summed E-state index contributed by atoms with van der Waals surface area (Å²) in [7, 11) is 0. The van der Waals surface area contributed by atoms with Gasteiger partial charge in [0.25, 0.3) is 0 Å². The molecule has 0 aromatic heterocycles. The Hall–Kier alpha value is -3.41. The van der Waals surface area contributed by atoms with Gasteiger partial charge in [0.1, 0.15) is 6.04 Å². The normalized spacial score (nSPS) is 24.8. The third kappa shape index (κ3) is 2.97. The second-order valence-electron chi connectivity index (χ2n) is 8.65. The number of rotatable bonds is 3. The predicted molar refractivity (Wildman–Crippen MR) is 132 cm³/mol. The van der Waals surface area contributed by atoms with E-state index in [1.807, 2.05) is 47.4 Å². The summed E-state index contributed by atoms with van der Waals surface area (Å²) in [4.78, 5) is 44.5. The molecule has 2 fully saturated rings. The van der Waals surface area contributed by atoms with E-state index in [1.165, 1.54) is 6.07 Å². The van der Waals surface area contributed by atoms with E-state index in [0.29, 0.717) is 10.6 Å². The van der Waals surface area contributed by atoms with Crippen LogP contribution < -0.4 is 9.80 Å². The first kappa shape index (κ1) is 21.1. The third-order valence-corrected chi connectivity index (χ3v) is 7.43. The molecule has 3 heterocycles. The first-order chi connectivity index (χ1) is 16.5. The molecule has 3 aliphatic heterocycles. The highest BCUT2D eigenvalue weighted by molar-refractivity contribution is 6.38.